The highest BCUT2D eigenvalue weighted by Crippen LogP contribution is 2.65. The molecule has 1 fully saturated rings. The average molecular weight is 787 g/mol. The number of thiazole rings is 1. The zero-order valence-corrected chi connectivity index (χ0v) is 32.4. The standard InChI is InChI=1S/C46H34N4O7S/c1-4-57-44(54)36-25(3)47-45-49(40(36)28-17-11-13-26-12-5-6-14-27(26)28)41(51)35(58-45)23-46-31-18-9-7-15-29(31)37(30-16-8-10-19-32(30)46)38-39(46)43(53)48(42(38)52)33-21-20-24(2)22-34(33)50(55)56/h5-23,37-40H,4H2,1-3H3/b35-23+/t37?,38-,39-,40-,46?/m0/s1. The van der Waals surface area contributed by atoms with Crippen molar-refractivity contribution in [2.45, 2.75) is 38.1 Å². The van der Waals surface area contributed by atoms with Crippen LogP contribution < -0.4 is 19.8 Å². The van der Waals surface area contributed by atoms with Crippen molar-refractivity contribution in [1.82, 2.24) is 4.57 Å². The van der Waals surface area contributed by atoms with E-state index >= 15 is 9.59 Å². The number of benzene rings is 5. The second-order valence-electron chi connectivity index (χ2n) is 15.2. The molecule has 11 rings (SSSR count). The molecule has 58 heavy (non-hydrogen) atoms. The number of nitro groups is 1. The molecular weight excluding hydrogens is 753 g/mol. The highest BCUT2D eigenvalue weighted by atomic mass is 32.1. The SMILES string of the molecule is CCOC(=O)C1=C(C)N=c2s/c(=C/C34c5ccccc5C(c5ccccc53)[C@@H]3C(=O)N(c5ccc(C)cc5[N+](=O)[O-])C(=O)[C@H]34)c(=O)n2[C@H]1c1cccc2ccccc12. The van der Waals surface area contributed by atoms with Gasteiger partial charge >= 0.3 is 5.97 Å². The van der Waals surface area contributed by atoms with E-state index in [-0.39, 0.29) is 28.1 Å². The van der Waals surface area contributed by atoms with E-state index in [1.807, 2.05) is 97.1 Å². The number of hydrogen-bond acceptors (Lipinski definition) is 9. The summed E-state index contributed by atoms with van der Waals surface area (Å²) in [6, 6.07) is 32.5. The van der Waals surface area contributed by atoms with Crippen molar-refractivity contribution in [2.24, 2.45) is 16.8 Å². The Hall–Kier alpha value is -6.79. The Morgan fingerprint density at radius 2 is 1.53 bits per heavy atom. The highest BCUT2D eigenvalue weighted by Gasteiger charge is 2.68. The summed E-state index contributed by atoms with van der Waals surface area (Å²) in [5, 5.41) is 14.2. The molecule has 11 nitrogen and oxygen atoms in total. The summed E-state index contributed by atoms with van der Waals surface area (Å²) in [5.74, 6) is -4.15. The molecule has 0 saturated carbocycles. The van der Waals surface area contributed by atoms with E-state index in [2.05, 4.69) is 0 Å². The molecule has 3 aliphatic carbocycles. The smallest absolute Gasteiger partial charge is 0.338 e. The number of aromatic nitrogens is 1. The van der Waals surface area contributed by atoms with E-state index in [1.54, 1.807) is 31.4 Å². The lowest BCUT2D eigenvalue weighted by molar-refractivity contribution is -0.384. The second kappa shape index (κ2) is 12.9. The van der Waals surface area contributed by atoms with Gasteiger partial charge in [-0.25, -0.2) is 14.7 Å². The summed E-state index contributed by atoms with van der Waals surface area (Å²) in [5.41, 5.74) is 3.06. The van der Waals surface area contributed by atoms with Crippen molar-refractivity contribution in [3.8, 4) is 0 Å². The Morgan fingerprint density at radius 1 is 0.879 bits per heavy atom. The number of carbonyl (C=O) groups is 3. The molecule has 0 spiro atoms. The van der Waals surface area contributed by atoms with Crippen molar-refractivity contribution < 1.29 is 24.0 Å². The third kappa shape index (κ3) is 4.75. The first-order valence-electron chi connectivity index (χ1n) is 19.1. The van der Waals surface area contributed by atoms with Crippen LogP contribution >= 0.6 is 11.3 Å². The number of imide groups is 1. The van der Waals surface area contributed by atoms with Gasteiger partial charge < -0.3 is 4.74 Å². The van der Waals surface area contributed by atoms with E-state index in [1.165, 1.54) is 12.1 Å². The number of carbonyl (C=O) groups excluding carboxylic acids is 3. The molecular formula is C46H34N4O7S. The van der Waals surface area contributed by atoms with Crippen LogP contribution in [0.4, 0.5) is 11.4 Å². The predicted octanol–water partition coefficient (Wildman–Crippen LogP) is 6.37. The van der Waals surface area contributed by atoms with E-state index in [0.717, 1.165) is 54.8 Å². The number of allylic oxidation sites excluding steroid dienone is 1. The van der Waals surface area contributed by atoms with Crippen molar-refractivity contribution in [2.75, 3.05) is 11.5 Å². The molecule has 3 heterocycles. The van der Waals surface area contributed by atoms with Gasteiger partial charge in [-0.3, -0.25) is 29.1 Å². The van der Waals surface area contributed by atoms with Crippen LogP contribution in [0.3, 0.4) is 0 Å². The fourth-order valence-corrected chi connectivity index (χ4v) is 11.2. The maximum absolute atomic E-state index is 15.3. The van der Waals surface area contributed by atoms with Crippen molar-refractivity contribution in [1.29, 1.82) is 0 Å². The quantitative estimate of drug-likeness (QED) is 0.0827. The first-order valence-corrected chi connectivity index (χ1v) is 19.9. The molecule has 5 aliphatic rings. The van der Waals surface area contributed by atoms with E-state index in [4.69, 9.17) is 9.73 Å². The van der Waals surface area contributed by atoms with Crippen LogP contribution in [0.15, 0.2) is 130 Å². The van der Waals surface area contributed by atoms with E-state index in [0.29, 0.717) is 16.1 Å². The Bertz CT molecular complexity index is 3020. The molecule has 6 aromatic rings. The molecule has 286 valence electrons. The first kappa shape index (κ1) is 35.6. The summed E-state index contributed by atoms with van der Waals surface area (Å²) < 4.78 is 7.38. The monoisotopic (exact) mass is 786 g/mol. The summed E-state index contributed by atoms with van der Waals surface area (Å²) in [7, 11) is 0. The second-order valence-corrected chi connectivity index (χ2v) is 16.2. The van der Waals surface area contributed by atoms with Gasteiger partial charge in [-0.05, 0) is 77.1 Å². The Morgan fingerprint density at radius 3 is 2.24 bits per heavy atom. The van der Waals surface area contributed by atoms with E-state index in [9.17, 15) is 19.7 Å². The minimum atomic E-state index is -1.35. The Balaban J connectivity index is 1.26. The van der Waals surface area contributed by atoms with Crippen molar-refractivity contribution in [3.63, 3.8) is 0 Å². The van der Waals surface area contributed by atoms with Gasteiger partial charge in [-0.1, -0.05) is 108 Å². The molecule has 2 amide bonds. The van der Waals surface area contributed by atoms with Gasteiger partial charge in [-0.15, -0.1) is 0 Å². The zero-order chi connectivity index (χ0) is 40.2. The van der Waals surface area contributed by atoms with Crippen molar-refractivity contribution >= 4 is 57.3 Å². The summed E-state index contributed by atoms with van der Waals surface area (Å²) in [6.07, 6.45) is 1.82. The lowest BCUT2D eigenvalue weighted by Gasteiger charge is -2.53. The predicted molar refractivity (Wildman–Crippen MR) is 218 cm³/mol. The minimum absolute atomic E-state index is 0.0842. The number of hydrogen-bond donors (Lipinski definition) is 0. The number of esters is 1. The number of amides is 2. The Kier molecular flexibility index (Phi) is 7.90. The summed E-state index contributed by atoms with van der Waals surface area (Å²) in [4.78, 5) is 77.2. The molecule has 2 aliphatic heterocycles. The van der Waals surface area contributed by atoms with Crippen LogP contribution in [-0.4, -0.2) is 33.9 Å². The van der Waals surface area contributed by atoms with Crippen molar-refractivity contribution in [3.05, 3.63) is 184 Å². The fraction of sp³-hybridized carbons (Fsp3) is 0.196. The number of fused-ring (bicyclic) bond motifs is 2. The normalized spacial score (nSPS) is 23.0. The lowest BCUT2D eigenvalue weighted by atomic mass is 9.47. The zero-order valence-electron chi connectivity index (χ0n) is 31.5. The van der Waals surface area contributed by atoms with Gasteiger partial charge in [0.25, 0.3) is 11.2 Å². The number of nitro benzene ring substituents is 1. The molecule has 0 radical (unpaired) electrons. The minimum Gasteiger partial charge on any atom is -0.463 e. The van der Waals surface area contributed by atoms with Gasteiger partial charge in [-0.2, -0.15) is 0 Å². The van der Waals surface area contributed by atoms with Crippen LogP contribution in [-0.2, 0) is 24.5 Å². The average Bonchev–Trinajstić information content (AvgIpc) is 3.67. The summed E-state index contributed by atoms with van der Waals surface area (Å²) >= 11 is 1.15. The molecule has 0 N–H and O–H groups in total. The number of anilines is 1. The largest absolute Gasteiger partial charge is 0.463 e. The molecule has 0 unspecified atom stereocenters. The molecule has 5 aromatic carbocycles. The molecule has 1 saturated heterocycles. The number of nitrogens with zero attached hydrogens (tertiary/aromatic N) is 4. The fourth-order valence-electron chi connectivity index (χ4n) is 10.1. The molecule has 2 bridgehead atoms. The van der Waals surface area contributed by atoms with Gasteiger partial charge in [0.15, 0.2) is 4.80 Å². The Labute approximate surface area is 335 Å². The van der Waals surface area contributed by atoms with Crippen LogP contribution in [0.1, 0.15) is 59.2 Å². The van der Waals surface area contributed by atoms with Gasteiger partial charge in [0, 0.05) is 12.0 Å². The lowest BCUT2D eigenvalue weighted by Crippen LogP contribution is -2.53. The van der Waals surface area contributed by atoms with Crippen LogP contribution in [0.25, 0.3) is 16.8 Å². The number of ether oxygens (including phenoxy) is 1. The van der Waals surface area contributed by atoms with Crippen LogP contribution in [0.2, 0.25) is 0 Å². The third-order valence-electron chi connectivity index (χ3n) is 12.2. The first-order chi connectivity index (χ1) is 28.1. The highest BCUT2D eigenvalue weighted by molar-refractivity contribution is 7.07. The van der Waals surface area contributed by atoms with Crippen LogP contribution in [0, 0.1) is 28.9 Å². The number of aryl methyl sites for hydroxylation is 1. The van der Waals surface area contributed by atoms with Crippen LogP contribution in [0.5, 0.6) is 0 Å². The van der Waals surface area contributed by atoms with Gasteiger partial charge in [0.1, 0.15) is 5.69 Å². The van der Waals surface area contributed by atoms with Gasteiger partial charge in [0.05, 0.1) is 50.6 Å². The number of rotatable bonds is 6. The topological polar surface area (TPSA) is 141 Å². The maximum Gasteiger partial charge on any atom is 0.338 e. The molecule has 12 heteroatoms. The van der Waals surface area contributed by atoms with E-state index < -0.39 is 57.5 Å². The third-order valence-corrected chi connectivity index (χ3v) is 13.2. The van der Waals surface area contributed by atoms with Gasteiger partial charge in [0.2, 0.25) is 11.8 Å². The molecule has 1 aromatic heterocycles. The molecule has 3 atom stereocenters. The maximum atomic E-state index is 15.3. The summed E-state index contributed by atoms with van der Waals surface area (Å²) in [6.45, 7) is 5.30.